The Morgan fingerprint density at radius 2 is 2.00 bits per heavy atom. The molecule has 4 aliphatic rings. The predicted molar refractivity (Wildman–Crippen MR) is 115 cm³/mol. The van der Waals surface area contributed by atoms with Crippen molar-refractivity contribution in [3.8, 4) is 0 Å². The molecule has 31 heavy (non-hydrogen) atoms. The Morgan fingerprint density at radius 1 is 1.26 bits per heavy atom. The SMILES string of the molecule is CCOC1=CC2=CC[C@H]3[C@@H]4CC[C@](O)(C(=O)COC(C)=O)C4(C)CC(O)[C@@H]3[C@@]2(C)CC1. The minimum Gasteiger partial charge on any atom is -0.498 e. The first kappa shape index (κ1) is 22.5. The average molecular weight is 433 g/mol. The largest absolute Gasteiger partial charge is 0.498 e. The maximum absolute atomic E-state index is 12.9. The van der Waals surface area contributed by atoms with Crippen LogP contribution in [0.15, 0.2) is 23.5 Å². The van der Waals surface area contributed by atoms with Crippen LogP contribution in [0, 0.1) is 28.6 Å². The fourth-order valence-corrected chi connectivity index (χ4v) is 7.48. The molecule has 0 bridgehead atoms. The number of hydrogen-bond acceptors (Lipinski definition) is 6. The molecule has 6 nitrogen and oxygen atoms in total. The predicted octanol–water partition coefficient (Wildman–Crippen LogP) is 3.31. The van der Waals surface area contributed by atoms with Gasteiger partial charge in [-0.25, -0.2) is 0 Å². The monoisotopic (exact) mass is 432 g/mol. The van der Waals surface area contributed by atoms with E-state index in [2.05, 4.69) is 19.1 Å². The van der Waals surface area contributed by atoms with E-state index in [4.69, 9.17) is 9.47 Å². The first-order chi connectivity index (χ1) is 14.6. The zero-order valence-electron chi connectivity index (χ0n) is 19.1. The number of allylic oxidation sites excluding steroid dienone is 4. The van der Waals surface area contributed by atoms with Crippen LogP contribution in [0.2, 0.25) is 0 Å². The number of carbonyl (C=O) groups excluding carboxylic acids is 2. The lowest BCUT2D eigenvalue weighted by atomic mass is 9.46. The van der Waals surface area contributed by atoms with Gasteiger partial charge in [-0.3, -0.25) is 9.59 Å². The average Bonchev–Trinajstić information content (AvgIpc) is 2.98. The Labute approximate surface area is 184 Å². The van der Waals surface area contributed by atoms with E-state index in [9.17, 15) is 19.8 Å². The Hall–Kier alpha value is -1.66. The van der Waals surface area contributed by atoms with Gasteiger partial charge in [0.2, 0.25) is 5.78 Å². The molecule has 0 amide bonds. The first-order valence-electron chi connectivity index (χ1n) is 11.7. The standard InChI is InChI=1S/C25H36O6/c1-5-30-17-8-10-23(3)16(12-17)6-7-18-19-9-11-25(29,21(28)14-31-15(2)26)24(19,4)13-20(27)22(18)23/h6,12,18-20,22,27,29H,5,7-11,13-14H2,1-4H3/t18-,19-,20?,22+,23-,24?,25-/m0/s1. The molecule has 0 spiro atoms. The van der Waals surface area contributed by atoms with Crippen LogP contribution in [-0.2, 0) is 19.1 Å². The fourth-order valence-electron chi connectivity index (χ4n) is 7.48. The number of carbonyl (C=O) groups is 2. The lowest BCUT2D eigenvalue weighted by Gasteiger charge is -2.59. The van der Waals surface area contributed by atoms with Gasteiger partial charge < -0.3 is 19.7 Å². The van der Waals surface area contributed by atoms with Crippen molar-refractivity contribution in [2.75, 3.05) is 13.2 Å². The smallest absolute Gasteiger partial charge is 0.303 e. The van der Waals surface area contributed by atoms with Crippen molar-refractivity contribution in [2.24, 2.45) is 28.6 Å². The topological polar surface area (TPSA) is 93.1 Å². The molecule has 2 saturated carbocycles. The van der Waals surface area contributed by atoms with Crippen LogP contribution in [0.1, 0.15) is 66.2 Å². The van der Waals surface area contributed by atoms with Gasteiger partial charge >= 0.3 is 5.97 Å². The van der Waals surface area contributed by atoms with E-state index in [1.165, 1.54) is 12.5 Å². The van der Waals surface area contributed by atoms with Crippen LogP contribution in [0.4, 0.5) is 0 Å². The maximum atomic E-state index is 12.9. The van der Waals surface area contributed by atoms with Crippen LogP contribution in [0.25, 0.3) is 0 Å². The number of hydrogen-bond donors (Lipinski definition) is 2. The van der Waals surface area contributed by atoms with E-state index >= 15 is 0 Å². The highest BCUT2D eigenvalue weighted by Crippen LogP contribution is 2.67. The molecule has 4 rings (SSSR count). The van der Waals surface area contributed by atoms with Crippen LogP contribution in [-0.4, -0.2) is 46.9 Å². The summed E-state index contributed by atoms with van der Waals surface area (Å²) >= 11 is 0. The van der Waals surface area contributed by atoms with Crippen molar-refractivity contribution in [2.45, 2.75) is 77.9 Å². The van der Waals surface area contributed by atoms with Gasteiger partial charge in [0.25, 0.3) is 0 Å². The van der Waals surface area contributed by atoms with Crippen molar-refractivity contribution in [3.63, 3.8) is 0 Å². The number of ketones is 1. The number of aliphatic hydroxyl groups is 2. The van der Waals surface area contributed by atoms with E-state index in [0.717, 1.165) is 31.4 Å². The van der Waals surface area contributed by atoms with Crippen LogP contribution in [0.3, 0.4) is 0 Å². The van der Waals surface area contributed by atoms with E-state index in [1.807, 2.05) is 13.8 Å². The van der Waals surface area contributed by atoms with E-state index < -0.39 is 35.5 Å². The zero-order chi connectivity index (χ0) is 22.6. The molecule has 0 radical (unpaired) electrons. The molecule has 2 unspecified atom stereocenters. The second-order valence-electron chi connectivity index (χ2n) is 10.4. The van der Waals surface area contributed by atoms with Gasteiger partial charge in [-0.1, -0.05) is 19.9 Å². The molecule has 0 aromatic carbocycles. The molecule has 2 N–H and O–H groups in total. The van der Waals surface area contributed by atoms with Crippen molar-refractivity contribution < 1.29 is 29.3 Å². The number of ether oxygens (including phenoxy) is 2. The molecule has 0 heterocycles. The van der Waals surface area contributed by atoms with Crippen LogP contribution in [0.5, 0.6) is 0 Å². The highest BCUT2D eigenvalue weighted by molar-refractivity contribution is 5.91. The molecular weight excluding hydrogens is 396 g/mol. The fraction of sp³-hybridized carbons (Fsp3) is 0.760. The number of aliphatic hydroxyl groups excluding tert-OH is 1. The molecule has 0 aliphatic heterocycles. The van der Waals surface area contributed by atoms with E-state index in [0.29, 0.717) is 19.4 Å². The van der Waals surface area contributed by atoms with E-state index in [1.54, 1.807) is 0 Å². The van der Waals surface area contributed by atoms with Crippen molar-refractivity contribution in [1.29, 1.82) is 0 Å². The Balaban J connectivity index is 1.65. The Morgan fingerprint density at radius 3 is 2.68 bits per heavy atom. The quantitative estimate of drug-likeness (QED) is 0.648. The van der Waals surface area contributed by atoms with Gasteiger partial charge in [-0.2, -0.15) is 0 Å². The van der Waals surface area contributed by atoms with Crippen LogP contribution >= 0.6 is 0 Å². The molecule has 4 aliphatic carbocycles. The highest BCUT2D eigenvalue weighted by atomic mass is 16.5. The summed E-state index contributed by atoms with van der Waals surface area (Å²) in [7, 11) is 0. The van der Waals surface area contributed by atoms with Gasteiger partial charge in [-0.15, -0.1) is 0 Å². The van der Waals surface area contributed by atoms with Gasteiger partial charge in [0.05, 0.1) is 18.5 Å². The summed E-state index contributed by atoms with van der Waals surface area (Å²) < 4.78 is 10.7. The van der Waals surface area contributed by atoms with Crippen molar-refractivity contribution >= 4 is 11.8 Å². The first-order valence-corrected chi connectivity index (χ1v) is 11.7. The summed E-state index contributed by atoms with van der Waals surface area (Å²) in [5.74, 6) is 0.481. The van der Waals surface area contributed by atoms with Crippen molar-refractivity contribution in [3.05, 3.63) is 23.5 Å². The summed E-state index contributed by atoms with van der Waals surface area (Å²) in [6.45, 7) is 7.71. The summed E-state index contributed by atoms with van der Waals surface area (Å²) in [6, 6.07) is 0. The minimum absolute atomic E-state index is 0.0934. The van der Waals surface area contributed by atoms with Gasteiger partial charge in [-0.05, 0) is 73.8 Å². The van der Waals surface area contributed by atoms with Gasteiger partial charge in [0.1, 0.15) is 5.60 Å². The van der Waals surface area contributed by atoms with Crippen molar-refractivity contribution in [1.82, 2.24) is 0 Å². The Kier molecular flexibility index (Phi) is 5.62. The number of Topliss-reactive ketones (excluding diaryl/α,β-unsaturated/α-hetero) is 1. The molecule has 172 valence electrons. The number of rotatable bonds is 5. The number of esters is 1. The summed E-state index contributed by atoms with van der Waals surface area (Å²) in [5, 5.41) is 23.0. The Bertz CT molecular complexity index is 830. The zero-order valence-corrected chi connectivity index (χ0v) is 19.1. The third kappa shape index (κ3) is 3.29. The summed E-state index contributed by atoms with van der Waals surface area (Å²) in [6.07, 6.45) is 7.95. The minimum atomic E-state index is -1.57. The molecule has 0 aromatic heterocycles. The summed E-state index contributed by atoms with van der Waals surface area (Å²) in [4.78, 5) is 24.1. The second-order valence-corrected chi connectivity index (χ2v) is 10.4. The molecule has 0 aromatic rings. The maximum Gasteiger partial charge on any atom is 0.303 e. The highest BCUT2D eigenvalue weighted by Gasteiger charge is 2.68. The molecule has 7 atom stereocenters. The molecule has 2 fully saturated rings. The van der Waals surface area contributed by atoms with Gasteiger partial charge in [0.15, 0.2) is 6.61 Å². The third-order valence-corrected chi connectivity index (χ3v) is 9.02. The van der Waals surface area contributed by atoms with Gasteiger partial charge in [0, 0.05) is 18.8 Å². The second kappa shape index (κ2) is 7.73. The number of fused-ring (bicyclic) bond motifs is 5. The molecular formula is C25H36O6. The molecule has 6 heteroatoms. The summed E-state index contributed by atoms with van der Waals surface area (Å²) in [5.41, 5.74) is -1.18. The van der Waals surface area contributed by atoms with Crippen LogP contribution < -0.4 is 0 Å². The molecule has 0 saturated heterocycles. The van der Waals surface area contributed by atoms with E-state index in [-0.39, 0.29) is 23.2 Å². The normalized spacial score (nSPS) is 43.7. The lowest BCUT2D eigenvalue weighted by Crippen LogP contribution is -2.61. The third-order valence-electron chi connectivity index (χ3n) is 9.02. The lowest BCUT2D eigenvalue weighted by molar-refractivity contribution is -0.181.